The van der Waals surface area contributed by atoms with Crippen LogP contribution >= 0.6 is 0 Å². The Morgan fingerprint density at radius 1 is 1.26 bits per heavy atom. The zero-order valence-electron chi connectivity index (χ0n) is 13.2. The maximum atomic E-state index is 12.4. The van der Waals surface area contributed by atoms with Gasteiger partial charge in [-0.2, -0.15) is 0 Å². The minimum atomic E-state index is -0.401. The van der Waals surface area contributed by atoms with Gasteiger partial charge in [0.05, 0.1) is 11.1 Å². The van der Waals surface area contributed by atoms with E-state index >= 15 is 0 Å². The lowest BCUT2D eigenvalue weighted by Gasteiger charge is -2.21. The van der Waals surface area contributed by atoms with Crippen LogP contribution in [0.15, 0.2) is 18.2 Å². The third kappa shape index (κ3) is 2.86. The van der Waals surface area contributed by atoms with Gasteiger partial charge >= 0.3 is 0 Å². The van der Waals surface area contributed by atoms with Gasteiger partial charge in [-0.15, -0.1) is 0 Å². The Hall–Kier alpha value is -2.21. The first-order valence-corrected chi connectivity index (χ1v) is 7.97. The van der Waals surface area contributed by atoms with Crippen molar-refractivity contribution in [1.82, 2.24) is 10.2 Å². The predicted octanol–water partition coefficient (Wildman–Crippen LogP) is 0.835. The average molecular weight is 315 g/mol. The van der Waals surface area contributed by atoms with Crippen molar-refractivity contribution >= 4 is 17.7 Å². The first-order chi connectivity index (χ1) is 11.0. The van der Waals surface area contributed by atoms with Crippen LogP contribution in [0.1, 0.15) is 45.5 Å². The summed E-state index contributed by atoms with van der Waals surface area (Å²) >= 11 is 0. The van der Waals surface area contributed by atoms with Crippen molar-refractivity contribution in [2.75, 3.05) is 13.1 Å². The van der Waals surface area contributed by atoms with Gasteiger partial charge in [-0.1, -0.05) is 18.1 Å². The highest BCUT2D eigenvalue weighted by molar-refractivity contribution is 6.22. The number of hydrogen-bond acceptors (Lipinski definition) is 4. The molecule has 1 saturated carbocycles. The molecule has 23 heavy (non-hydrogen) atoms. The maximum absolute atomic E-state index is 12.4. The molecule has 3 amide bonds. The highest BCUT2D eigenvalue weighted by Crippen LogP contribution is 2.26. The predicted molar refractivity (Wildman–Crippen MR) is 84.9 cm³/mol. The minimum absolute atomic E-state index is 0.0462. The minimum Gasteiger partial charge on any atom is -0.351 e. The summed E-state index contributed by atoms with van der Waals surface area (Å²) in [6.45, 7) is 2.16. The number of carbonyl (C=O) groups is 3. The molecule has 1 aromatic carbocycles. The van der Waals surface area contributed by atoms with Crippen LogP contribution in [-0.2, 0) is 4.79 Å². The molecule has 3 rings (SSSR count). The van der Waals surface area contributed by atoms with E-state index in [0.717, 1.165) is 29.7 Å². The van der Waals surface area contributed by atoms with Crippen LogP contribution in [-0.4, -0.2) is 41.8 Å². The summed E-state index contributed by atoms with van der Waals surface area (Å²) in [6, 6.07) is 5.17. The summed E-state index contributed by atoms with van der Waals surface area (Å²) in [7, 11) is 0. The molecule has 122 valence electrons. The molecule has 2 unspecified atom stereocenters. The van der Waals surface area contributed by atoms with Gasteiger partial charge in [0.2, 0.25) is 5.91 Å². The molecule has 0 spiro atoms. The van der Waals surface area contributed by atoms with E-state index in [1.54, 1.807) is 18.2 Å². The van der Waals surface area contributed by atoms with Crippen molar-refractivity contribution in [2.24, 2.45) is 11.7 Å². The molecule has 1 fully saturated rings. The number of benzene rings is 1. The third-order valence-corrected chi connectivity index (χ3v) is 4.74. The van der Waals surface area contributed by atoms with Crippen molar-refractivity contribution in [3.05, 3.63) is 34.9 Å². The molecule has 3 N–H and O–H groups in total. The highest BCUT2D eigenvalue weighted by atomic mass is 16.2. The van der Waals surface area contributed by atoms with Crippen molar-refractivity contribution in [3.63, 3.8) is 0 Å². The molecule has 0 aromatic heterocycles. The first kappa shape index (κ1) is 15.7. The second-order valence-corrected chi connectivity index (χ2v) is 6.35. The molecule has 0 bridgehead atoms. The lowest BCUT2D eigenvalue weighted by molar-refractivity contribution is -0.122. The largest absolute Gasteiger partial charge is 0.351 e. The summed E-state index contributed by atoms with van der Waals surface area (Å²) in [5.74, 6) is -0.821. The number of aryl methyl sites for hydroxylation is 1. The summed E-state index contributed by atoms with van der Waals surface area (Å²) < 4.78 is 0. The van der Waals surface area contributed by atoms with Crippen LogP contribution in [0, 0.1) is 12.8 Å². The van der Waals surface area contributed by atoms with E-state index in [4.69, 9.17) is 5.73 Å². The number of rotatable bonds is 4. The third-order valence-electron chi connectivity index (χ3n) is 4.74. The van der Waals surface area contributed by atoms with Gasteiger partial charge in [-0.05, 0) is 44.4 Å². The Kier molecular flexibility index (Phi) is 4.17. The highest BCUT2D eigenvalue weighted by Gasteiger charge is 2.37. The quantitative estimate of drug-likeness (QED) is 0.805. The van der Waals surface area contributed by atoms with E-state index in [1.807, 2.05) is 6.92 Å². The van der Waals surface area contributed by atoms with Gasteiger partial charge in [0.1, 0.15) is 6.54 Å². The van der Waals surface area contributed by atoms with Crippen molar-refractivity contribution in [2.45, 2.75) is 32.2 Å². The summed E-state index contributed by atoms with van der Waals surface area (Å²) in [6.07, 6.45) is 2.95. The normalized spacial score (nSPS) is 23.3. The van der Waals surface area contributed by atoms with E-state index in [0.29, 0.717) is 17.7 Å². The average Bonchev–Trinajstić information content (AvgIpc) is 3.06. The standard InChI is InChI=1S/C17H21N3O3/c1-10-5-6-12-13(7-10)17(23)20(16(12)22)9-15(21)19-14-4-2-3-11(14)8-18/h5-7,11,14H,2-4,8-9,18H2,1H3,(H,19,21). The van der Waals surface area contributed by atoms with Crippen LogP contribution in [0.25, 0.3) is 0 Å². The van der Waals surface area contributed by atoms with E-state index in [2.05, 4.69) is 5.32 Å². The first-order valence-electron chi connectivity index (χ1n) is 7.97. The number of imide groups is 1. The fourth-order valence-electron chi connectivity index (χ4n) is 3.45. The van der Waals surface area contributed by atoms with Gasteiger partial charge in [-0.25, -0.2) is 0 Å². The maximum Gasteiger partial charge on any atom is 0.262 e. The molecule has 2 atom stereocenters. The Bertz CT molecular complexity index is 671. The molecule has 1 aliphatic carbocycles. The van der Waals surface area contributed by atoms with Crippen LogP contribution in [0.4, 0.5) is 0 Å². The number of amides is 3. The molecular formula is C17H21N3O3. The second kappa shape index (κ2) is 6.12. The monoisotopic (exact) mass is 315 g/mol. The van der Waals surface area contributed by atoms with Crippen molar-refractivity contribution in [1.29, 1.82) is 0 Å². The van der Waals surface area contributed by atoms with Crippen LogP contribution in [0.3, 0.4) is 0 Å². The van der Waals surface area contributed by atoms with E-state index in [9.17, 15) is 14.4 Å². The number of fused-ring (bicyclic) bond motifs is 1. The molecule has 2 aliphatic rings. The number of nitrogens with one attached hydrogen (secondary N) is 1. The summed E-state index contributed by atoms with van der Waals surface area (Å²) in [5, 5.41) is 2.92. The fourth-order valence-corrected chi connectivity index (χ4v) is 3.45. The van der Waals surface area contributed by atoms with Crippen molar-refractivity contribution in [3.8, 4) is 0 Å². The van der Waals surface area contributed by atoms with Gasteiger partial charge in [0.25, 0.3) is 11.8 Å². The Labute approximate surface area is 135 Å². The van der Waals surface area contributed by atoms with E-state index < -0.39 is 11.8 Å². The van der Waals surface area contributed by atoms with Gasteiger partial charge < -0.3 is 11.1 Å². The molecule has 0 radical (unpaired) electrons. The number of carbonyl (C=O) groups excluding carboxylic acids is 3. The van der Waals surface area contributed by atoms with Gasteiger partial charge in [0, 0.05) is 6.04 Å². The summed E-state index contributed by atoms with van der Waals surface area (Å²) in [5.41, 5.74) is 7.37. The topological polar surface area (TPSA) is 92.5 Å². The smallest absolute Gasteiger partial charge is 0.262 e. The van der Waals surface area contributed by atoms with Crippen LogP contribution in [0.5, 0.6) is 0 Å². The molecular weight excluding hydrogens is 294 g/mol. The molecule has 1 aliphatic heterocycles. The SMILES string of the molecule is Cc1ccc2c(c1)C(=O)N(CC(=O)NC1CCCC1CN)C2=O. The molecule has 0 saturated heterocycles. The van der Waals surface area contributed by atoms with Crippen LogP contribution in [0.2, 0.25) is 0 Å². The molecule has 1 aromatic rings. The van der Waals surface area contributed by atoms with Gasteiger partial charge in [-0.3, -0.25) is 19.3 Å². The molecule has 6 heteroatoms. The lowest BCUT2D eigenvalue weighted by atomic mass is 10.0. The Balaban J connectivity index is 1.68. The van der Waals surface area contributed by atoms with Crippen molar-refractivity contribution < 1.29 is 14.4 Å². The second-order valence-electron chi connectivity index (χ2n) is 6.35. The van der Waals surface area contributed by atoms with Gasteiger partial charge in [0.15, 0.2) is 0 Å². The lowest BCUT2D eigenvalue weighted by Crippen LogP contribution is -2.46. The zero-order valence-corrected chi connectivity index (χ0v) is 13.2. The van der Waals surface area contributed by atoms with Crippen LogP contribution < -0.4 is 11.1 Å². The summed E-state index contributed by atoms with van der Waals surface area (Å²) in [4.78, 5) is 37.9. The van der Waals surface area contributed by atoms with E-state index in [1.165, 1.54) is 0 Å². The number of nitrogens with zero attached hydrogens (tertiary/aromatic N) is 1. The fraction of sp³-hybridized carbons (Fsp3) is 0.471. The zero-order chi connectivity index (χ0) is 16.6. The van der Waals surface area contributed by atoms with E-state index in [-0.39, 0.29) is 24.4 Å². The Morgan fingerprint density at radius 2 is 2.00 bits per heavy atom. The Morgan fingerprint density at radius 3 is 2.74 bits per heavy atom. The number of hydrogen-bond donors (Lipinski definition) is 2. The molecule has 1 heterocycles. The number of nitrogens with two attached hydrogens (primary N) is 1. The molecule has 6 nitrogen and oxygen atoms in total.